The molecule has 1 aliphatic carbocycles. The number of amides is 2. The molecule has 2 amide bonds. The quantitative estimate of drug-likeness (QED) is 0.589. The van der Waals surface area contributed by atoms with Crippen molar-refractivity contribution in [1.29, 1.82) is 0 Å². The summed E-state index contributed by atoms with van der Waals surface area (Å²) in [6.45, 7) is 2.60. The van der Waals surface area contributed by atoms with Gasteiger partial charge in [-0.3, -0.25) is 9.59 Å². The zero-order valence-electron chi connectivity index (χ0n) is 15.8. The van der Waals surface area contributed by atoms with E-state index in [1.807, 2.05) is 0 Å². The third-order valence-corrected chi connectivity index (χ3v) is 4.52. The number of hydrogen-bond donors (Lipinski definition) is 2. The van der Waals surface area contributed by atoms with Crippen LogP contribution in [0.25, 0.3) is 0 Å². The number of ether oxygens (including phenoxy) is 1. The molecule has 2 N–H and O–H groups in total. The molecule has 7 nitrogen and oxygen atoms in total. The topological polar surface area (TPSA) is 92.9 Å². The number of nitrogens with one attached hydrogen (secondary N) is 2. The van der Waals surface area contributed by atoms with Crippen LogP contribution in [-0.4, -0.2) is 37.8 Å². The number of benzene rings is 1. The third-order valence-electron chi connectivity index (χ3n) is 4.52. The molecule has 1 aromatic heterocycles. The number of rotatable bonds is 6. The summed E-state index contributed by atoms with van der Waals surface area (Å²) in [5.74, 6) is -0.210. The maximum Gasteiger partial charge on any atom is 0.287 e. The first-order chi connectivity index (χ1) is 13.5. The van der Waals surface area contributed by atoms with Crippen molar-refractivity contribution in [3.63, 3.8) is 0 Å². The minimum Gasteiger partial charge on any atom is -0.455 e. The maximum atomic E-state index is 13.0. The average molecular weight is 387 g/mol. The van der Waals surface area contributed by atoms with Gasteiger partial charge in [0.15, 0.2) is 5.76 Å². The Morgan fingerprint density at radius 1 is 1.21 bits per heavy atom. The van der Waals surface area contributed by atoms with E-state index in [0.717, 1.165) is 12.0 Å². The van der Waals surface area contributed by atoms with E-state index in [4.69, 9.17) is 9.15 Å². The summed E-state index contributed by atoms with van der Waals surface area (Å²) in [5.41, 5.74) is 4.93. The highest BCUT2D eigenvalue weighted by molar-refractivity contribution is 6.07. The second-order valence-corrected chi connectivity index (χ2v) is 6.46. The first-order valence-electron chi connectivity index (χ1n) is 9.03. The van der Waals surface area contributed by atoms with Crippen molar-refractivity contribution in [1.82, 2.24) is 10.7 Å². The van der Waals surface area contributed by atoms with E-state index in [1.54, 1.807) is 14.0 Å². The van der Waals surface area contributed by atoms with Crippen LogP contribution in [0.5, 0.6) is 0 Å². The lowest BCUT2D eigenvalue weighted by molar-refractivity contribution is 0.0906. The maximum absolute atomic E-state index is 13.0. The Balaban J connectivity index is 1.78. The van der Waals surface area contributed by atoms with Crippen molar-refractivity contribution in [2.45, 2.75) is 26.2 Å². The number of furan rings is 1. The zero-order valence-corrected chi connectivity index (χ0v) is 15.8. The predicted molar refractivity (Wildman–Crippen MR) is 101 cm³/mol. The van der Waals surface area contributed by atoms with Crippen LogP contribution in [-0.2, 0) is 11.2 Å². The lowest BCUT2D eigenvalue weighted by Crippen LogP contribution is -2.27. The van der Waals surface area contributed by atoms with Crippen molar-refractivity contribution in [2.75, 3.05) is 20.3 Å². The molecule has 0 saturated carbocycles. The van der Waals surface area contributed by atoms with Crippen LogP contribution in [0.4, 0.5) is 4.39 Å². The molecule has 0 saturated heterocycles. The molecule has 0 radical (unpaired) electrons. The fourth-order valence-electron chi connectivity index (χ4n) is 3.13. The molecule has 3 rings (SSSR count). The Kier molecular flexibility index (Phi) is 6.20. The van der Waals surface area contributed by atoms with Crippen LogP contribution >= 0.6 is 0 Å². The zero-order chi connectivity index (χ0) is 20.1. The van der Waals surface area contributed by atoms with E-state index in [2.05, 4.69) is 15.8 Å². The van der Waals surface area contributed by atoms with Gasteiger partial charge in [0.1, 0.15) is 11.6 Å². The fraction of sp³-hybridized carbons (Fsp3) is 0.350. The SMILES string of the molecule is COCCNC(=O)c1oc2c(c1C)/C(=N/NC(=O)c1ccc(F)cc1)CCC2. The van der Waals surface area contributed by atoms with Gasteiger partial charge < -0.3 is 14.5 Å². The number of carbonyl (C=O) groups is 2. The molecule has 0 spiro atoms. The highest BCUT2D eigenvalue weighted by atomic mass is 19.1. The molecular weight excluding hydrogens is 365 g/mol. The molecule has 0 fully saturated rings. The Morgan fingerprint density at radius 3 is 2.68 bits per heavy atom. The van der Waals surface area contributed by atoms with E-state index >= 15 is 0 Å². The van der Waals surface area contributed by atoms with Gasteiger partial charge >= 0.3 is 0 Å². The number of methoxy groups -OCH3 is 1. The molecule has 28 heavy (non-hydrogen) atoms. The standard InChI is InChI=1S/C20H22FN3O4/c1-12-17-15(23-24-19(25)13-6-8-14(21)9-7-13)4-3-5-16(17)28-18(12)20(26)22-10-11-27-2/h6-9H,3-5,10-11H2,1-2H3,(H,22,26)(H,24,25)/b23-15+. The van der Waals surface area contributed by atoms with Crippen LogP contribution in [0, 0.1) is 12.7 Å². The van der Waals surface area contributed by atoms with Crippen LogP contribution in [0.1, 0.15) is 50.6 Å². The molecule has 2 aromatic rings. The van der Waals surface area contributed by atoms with Gasteiger partial charge in [0, 0.05) is 36.8 Å². The Hall–Kier alpha value is -3.00. The van der Waals surface area contributed by atoms with E-state index in [9.17, 15) is 14.0 Å². The van der Waals surface area contributed by atoms with Gasteiger partial charge in [-0.15, -0.1) is 0 Å². The highest BCUT2D eigenvalue weighted by Crippen LogP contribution is 2.29. The summed E-state index contributed by atoms with van der Waals surface area (Å²) < 4.78 is 23.7. The summed E-state index contributed by atoms with van der Waals surface area (Å²) in [7, 11) is 1.56. The van der Waals surface area contributed by atoms with Crippen molar-refractivity contribution in [2.24, 2.45) is 5.10 Å². The van der Waals surface area contributed by atoms with E-state index in [-0.39, 0.29) is 11.7 Å². The van der Waals surface area contributed by atoms with Gasteiger partial charge in [-0.1, -0.05) is 0 Å². The van der Waals surface area contributed by atoms with Gasteiger partial charge in [0.25, 0.3) is 11.8 Å². The number of fused-ring (bicyclic) bond motifs is 1. The molecule has 0 aliphatic heterocycles. The van der Waals surface area contributed by atoms with Crippen molar-refractivity contribution >= 4 is 17.5 Å². The smallest absolute Gasteiger partial charge is 0.287 e. The van der Waals surface area contributed by atoms with Crippen LogP contribution in [0.2, 0.25) is 0 Å². The van der Waals surface area contributed by atoms with Gasteiger partial charge in [-0.05, 0) is 44.0 Å². The number of nitrogens with zero attached hydrogens (tertiary/aromatic N) is 1. The summed E-state index contributed by atoms with van der Waals surface area (Å²) in [6.07, 6.45) is 2.16. The minimum atomic E-state index is -0.432. The van der Waals surface area contributed by atoms with Crippen LogP contribution in [0.3, 0.4) is 0 Å². The third kappa shape index (κ3) is 4.28. The lowest BCUT2D eigenvalue weighted by atomic mass is 9.93. The molecule has 1 aliphatic rings. The molecule has 148 valence electrons. The highest BCUT2D eigenvalue weighted by Gasteiger charge is 2.28. The van der Waals surface area contributed by atoms with Crippen LogP contribution in [0.15, 0.2) is 33.8 Å². The lowest BCUT2D eigenvalue weighted by Gasteiger charge is -2.13. The largest absolute Gasteiger partial charge is 0.455 e. The first-order valence-corrected chi connectivity index (χ1v) is 9.03. The Bertz CT molecular complexity index is 903. The molecule has 8 heteroatoms. The normalized spacial score (nSPS) is 14.6. The van der Waals surface area contributed by atoms with Crippen molar-refractivity contribution in [3.05, 3.63) is 58.3 Å². The molecule has 0 unspecified atom stereocenters. The molecule has 1 heterocycles. The van der Waals surface area contributed by atoms with Gasteiger partial charge in [0.05, 0.1) is 12.3 Å². The number of halogens is 1. The number of hydrazone groups is 1. The second kappa shape index (κ2) is 8.79. The van der Waals surface area contributed by atoms with Crippen molar-refractivity contribution in [3.8, 4) is 0 Å². The predicted octanol–water partition coefficient (Wildman–Crippen LogP) is 2.57. The van der Waals surface area contributed by atoms with E-state index in [1.165, 1.54) is 24.3 Å². The number of hydrogen-bond acceptors (Lipinski definition) is 5. The second-order valence-electron chi connectivity index (χ2n) is 6.46. The fourth-order valence-corrected chi connectivity index (χ4v) is 3.13. The summed E-state index contributed by atoms with van der Waals surface area (Å²) in [6, 6.07) is 5.22. The van der Waals surface area contributed by atoms with Crippen LogP contribution < -0.4 is 10.7 Å². The van der Waals surface area contributed by atoms with Gasteiger partial charge in [-0.25, -0.2) is 9.82 Å². The first kappa shape index (κ1) is 19.8. The van der Waals surface area contributed by atoms with Crippen molar-refractivity contribution < 1.29 is 23.1 Å². The Morgan fingerprint density at radius 2 is 1.96 bits per heavy atom. The molecular formula is C20H22FN3O4. The molecule has 0 bridgehead atoms. The summed E-state index contributed by atoms with van der Waals surface area (Å²) >= 11 is 0. The molecule has 0 atom stereocenters. The van der Waals surface area contributed by atoms with Gasteiger partial charge in [-0.2, -0.15) is 5.10 Å². The Labute approximate surface area is 161 Å². The average Bonchev–Trinajstić information content (AvgIpc) is 3.04. The molecule has 1 aromatic carbocycles. The summed E-state index contributed by atoms with van der Waals surface area (Å²) in [4.78, 5) is 24.6. The number of carbonyl (C=O) groups excluding carboxylic acids is 2. The van der Waals surface area contributed by atoms with Gasteiger partial charge in [0.2, 0.25) is 0 Å². The van der Waals surface area contributed by atoms with E-state index < -0.39 is 11.7 Å². The monoisotopic (exact) mass is 387 g/mol. The minimum absolute atomic E-state index is 0.251. The van der Waals surface area contributed by atoms with E-state index in [0.29, 0.717) is 48.6 Å². The number of aryl methyl sites for hydroxylation is 1. The summed E-state index contributed by atoms with van der Waals surface area (Å²) in [5, 5.41) is 6.99.